The molecule has 134 valence electrons. The van der Waals surface area contributed by atoms with Crippen molar-refractivity contribution in [2.45, 2.75) is 6.92 Å². The number of halogens is 1. The van der Waals surface area contributed by atoms with Gasteiger partial charge in [-0.25, -0.2) is 0 Å². The van der Waals surface area contributed by atoms with Crippen LogP contribution < -0.4 is 10.3 Å². The maximum atomic E-state index is 12.2. The third-order valence-corrected chi connectivity index (χ3v) is 5.02. The van der Waals surface area contributed by atoms with Crippen LogP contribution in [0.5, 0.6) is 5.75 Å². The van der Waals surface area contributed by atoms with Crippen LogP contribution >= 0.6 is 11.6 Å². The number of H-pyrrole nitrogens is 1. The summed E-state index contributed by atoms with van der Waals surface area (Å²) >= 11 is 6.42. The molecule has 0 aliphatic carbocycles. The van der Waals surface area contributed by atoms with Crippen molar-refractivity contribution in [3.05, 3.63) is 87.7 Å². The lowest BCUT2D eigenvalue weighted by Gasteiger charge is -2.14. The second-order valence-electron chi connectivity index (χ2n) is 6.49. The van der Waals surface area contributed by atoms with Crippen molar-refractivity contribution in [1.82, 2.24) is 4.98 Å². The molecule has 0 bridgehead atoms. The van der Waals surface area contributed by atoms with Gasteiger partial charge >= 0.3 is 0 Å². The number of nitrogens with one attached hydrogen (secondary N) is 1. The number of methoxy groups -OCH3 is 1. The summed E-state index contributed by atoms with van der Waals surface area (Å²) in [6.45, 7) is 2.04. The number of pyridine rings is 1. The van der Waals surface area contributed by atoms with Crippen LogP contribution in [-0.2, 0) is 0 Å². The van der Waals surface area contributed by atoms with Crippen molar-refractivity contribution in [2.24, 2.45) is 0 Å². The van der Waals surface area contributed by atoms with E-state index in [-0.39, 0.29) is 5.56 Å². The van der Waals surface area contributed by atoms with Gasteiger partial charge in [0.15, 0.2) is 0 Å². The monoisotopic (exact) mass is 375 g/mol. The van der Waals surface area contributed by atoms with Gasteiger partial charge in [0.2, 0.25) is 5.56 Å². The standard InChI is InChI=1S/C23H18ClNO2/c1-14-7-9-15(10-8-14)17-12-23(26)25-21-13-22(27-2)19(11-18(17)21)16-5-3-4-6-20(16)24/h3-13H,1-2H3,(H,25,26). The van der Waals surface area contributed by atoms with Gasteiger partial charge in [0.1, 0.15) is 5.75 Å². The van der Waals surface area contributed by atoms with Crippen molar-refractivity contribution in [3.63, 3.8) is 0 Å². The molecule has 0 amide bonds. The molecule has 0 radical (unpaired) electrons. The van der Waals surface area contributed by atoms with Gasteiger partial charge in [-0.05, 0) is 30.2 Å². The van der Waals surface area contributed by atoms with Crippen molar-refractivity contribution in [2.75, 3.05) is 7.11 Å². The number of aromatic nitrogens is 1. The second-order valence-corrected chi connectivity index (χ2v) is 6.90. The van der Waals surface area contributed by atoms with Gasteiger partial charge in [-0.15, -0.1) is 0 Å². The fourth-order valence-electron chi connectivity index (χ4n) is 3.31. The molecular weight excluding hydrogens is 358 g/mol. The van der Waals surface area contributed by atoms with E-state index >= 15 is 0 Å². The quantitative estimate of drug-likeness (QED) is 0.489. The molecule has 3 nitrogen and oxygen atoms in total. The van der Waals surface area contributed by atoms with Gasteiger partial charge in [0.25, 0.3) is 0 Å². The molecule has 0 saturated heterocycles. The second kappa shape index (κ2) is 6.93. The summed E-state index contributed by atoms with van der Waals surface area (Å²) in [4.78, 5) is 15.1. The van der Waals surface area contributed by atoms with E-state index in [1.807, 2.05) is 67.6 Å². The van der Waals surface area contributed by atoms with Crippen molar-refractivity contribution < 1.29 is 4.74 Å². The Hall–Kier alpha value is -3.04. The zero-order valence-corrected chi connectivity index (χ0v) is 15.8. The normalized spacial score (nSPS) is 10.9. The smallest absolute Gasteiger partial charge is 0.249 e. The molecule has 0 aliphatic heterocycles. The summed E-state index contributed by atoms with van der Waals surface area (Å²) in [6, 6.07) is 21.3. The average molecular weight is 376 g/mol. The SMILES string of the molecule is COc1cc2[nH]c(=O)cc(-c3ccc(C)cc3)c2cc1-c1ccccc1Cl. The lowest BCUT2D eigenvalue weighted by molar-refractivity contribution is 0.417. The van der Waals surface area contributed by atoms with Gasteiger partial charge in [-0.1, -0.05) is 59.6 Å². The minimum absolute atomic E-state index is 0.148. The Morgan fingerprint density at radius 3 is 2.33 bits per heavy atom. The minimum Gasteiger partial charge on any atom is -0.496 e. The Morgan fingerprint density at radius 2 is 1.63 bits per heavy atom. The topological polar surface area (TPSA) is 42.1 Å². The highest BCUT2D eigenvalue weighted by atomic mass is 35.5. The zero-order valence-electron chi connectivity index (χ0n) is 15.0. The highest BCUT2D eigenvalue weighted by Gasteiger charge is 2.14. The Balaban J connectivity index is 2.06. The maximum Gasteiger partial charge on any atom is 0.249 e. The Labute approximate surface area is 162 Å². The molecule has 0 fully saturated rings. The number of ether oxygens (including phenoxy) is 1. The van der Waals surface area contributed by atoms with Crippen LogP contribution in [0.3, 0.4) is 0 Å². The number of hydrogen-bond acceptors (Lipinski definition) is 2. The van der Waals surface area contributed by atoms with Crippen LogP contribution in [0.4, 0.5) is 0 Å². The van der Waals surface area contributed by atoms with Crippen molar-refractivity contribution in [1.29, 1.82) is 0 Å². The summed E-state index contributed by atoms with van der Waals surface area (Å²) in [7, 11) is 1.61. The highest BCUT2D eigenvalue weighted by molar-refractivity contribution is 6.33. The first kappa shape index (κ1) is 17.4. The van der Waals surface area contributed by atoms with Crippen LogP contribution in [0.15, 0.2) is 71.5 Å². The molecule has 1 aromatic heterocycles. The first-order chi connectivity index (χ1) is 13.1. The van der Waals surface area contributed by atoms with E-state index in [9.17, 15) is 4.79 Å². The lowest BCUT2D eigenvalue weighted by Crippen LogP contribution is -2.05. The fraction of sp³-hybridized carbons (Fsp3) is 0.0870. The predicted octanol–water partition coefficient (Wildman–Crippen LogP) is 5.83. The average Bonchev–Trinajstić information content (AvgIpc) is 2.67. The summed E-state index contributed by atoms with van der Waals surface area (Å²) in [5, 5.41) is 1.59. The largest absolute Gasteiger partial charge is 0.496 e. The number of aryl methyl sites for hydroxylation is 1. The van der Waals surface area contributed by atoms with E-state index in [2.05, 4.69) is 4.98 Å². The van der Waals surface area contributed by atoms with Gasteiger partial charge in [0, 0.05) is 33.7 Å². The molecule has 4 rings (SSSR count). The third-order valence-electron chi connectivity index (χ3n) is 4.69. The molecule has 3 aromatic carbocycles. The first-order valence-electron chi connectivity index (χ1n) is 8.64. The van der Waals surface area contributed by atoms with Gasteiger partial charge in [-0.3, -0.25) is 4.79 Å². The van der Waals surface area contributed by atoms with E-state index in [0.29, 0.717) is 10.8 Å². The van der Waals surface area contributed by atoms with E-state index in [4.69, 9.17) is 16.3 Å². The van der Waals surface area contributed by atoms with E-state index in [1.165, 1.54) is 5.56 Å². The molecule has 0 atom stereocenters. The fourth-order valence-corrected chi connectivity index (χ4v) is 3.55. The van der Waals surface area contributed by atoms with Crippen LogP contribution in [-0.4, -0.2) is 12.1 Å². The van der Waals surface area contributed by atoms with Crippen molar-refractivity contribution >= 4 is 22.5 Å². The molecule has 4 heteroatoms. The number of rotatable bonds is 3. The van der Waals surface area contributed by atoms with Gasteiger partial charge < -0.3 is 9.72 Å². The van der Waals surface area contributed by atoms with Crippen LogP contribution in [0.1, 0.15) is 5.56 Å². The molecule has 4 aromatic rings. The maximum absolute atomic E-state index is 12.2. The number of aromatic amines is 1. The predicted molar refractivity (Wildman–Crippen MR) is 112 cm³/mol. The number of hydrogen-bond donors (Lipinski definition) is 1. The minimum atomic E-state index is -0.148. The Morgan fingerprint density at radius 1 is 0.889 bits per heavy atom. The third kappa shape index (κ3) is 3.22. The Bertz CT molecular complexity index is 1190. The zero-order chi connectivity index (χ0) is 19.0. The molecule has 0 unspecified atom stereocenters. The van der Waals surface area contributed by atoms with E-state index in [0.717, 1.165) is 33.2 Å². The lowest BCUT2D eigenvalue weighted by atomic mass is 9.96. The molecular formula is C23H18ClNO2. The van der Waals surface area contributed by atoms with Crippen LogP contribution in [0, 0.1) is 6.92 Å². The summed E-state index contributed by atoms with van der Waals surface area (Å²) in [6.07, 6.45) is 0. The van der Waals surface area contributed by atoms with Crippen LogP contribution in [0.25, 0.3) is 33.2 Å². The molecule has 0 aliphatic rings. The molecule has 1 N–H and O–H groups in total. The molecule has 0 spiro atoms. The Kier molecular flexibility index (Phi) is 4.46. The molecule has 1 heterocycles. The summed E-state index contributed by atoms with van der Waals surface area (Å²) in [5.41, 5.74) is 5.40. The van der Waals surface area contributed by atoms with E-state index < -0.39 is 0 Å². The van der Waals surface area contributed by atoms with Gasteiger partial charge in [-0.2, -0.15) is 0 Å². The molecule has 0 saturated carbocycles. The summed E-state index contributed by atoms with van der Waals surface area (Å²) in [5.74, 6) is 0.660. The van der Waals surface area contributed by atoms with Crippen molar-refractivity contribution in [3.8, 4) is 28.0 Å². The van der Waals surface area contributed by atoms with Gasteiger partial charge in [0.05, 0.1) is 12.6 Å². The van der Waals surface area contributed by atoms with Crippen LogP contribution in [0.2, 0.25) is 5.02 Å². The number of fused-ring (bicyclic) bond motifs is 1. The number of benzene rings is 3. The first-order valence-corrected chi connectivity index (χ1v) is 9.01. The summed E-state index contributed by atoms with van der Waals surface area (Å²) < 4.78 is 5.58. The molecule has 27 heavy (non-hydrogen) atoms. The highest BCUT2D eigenvalue weighted by Crippen LogP contribution is 2.39. The van der Waals surface area contributed by atoms with E-state index in [1.54, 1.807) is 13.2 Å².